The molecule has 12 heavy (non-hydrogen) atoms. The lowest BCUT2D eigenvalue weighted by Gasteiger charge is -2.15. The van der Waals surface area contributed by atoms with Crippen molar-refractivity contribution in [3.63, 3.8) is 0 Å². The average molecular weight is 178 g/mol. The Morgan fingerprint density at radius 1 is 1.33 bits per heavy atom. The van der Waals surface area contributed by atoms with Crippen LogP contribution >= 0.6 is 11.3 Å². The molecule has 0 atom stereocenters. The summed E-state index contributed by atoms with van der Waals surface area (Å²) < 4.78 is 0. The zero-order chi connectivity index (χ0) is 8.39. The molecule has 0 bridgehead atoms. The van der Waals surface area contributed by atoms with Gasteiger partial charge in [0.25, 0.3) is 0 Å². The molecule has 0 N–H and O–H groups in total. The molecule has 1 aromatic rings. The monoisotopic (exact) mass is 178 g/mol. The summed E-state index contributed by atoms with van der Waals surface area (Å²) in [6, 6.07) is 2.22. The largest absolute Gasteiger partial charge is 0.370 e. The minimum absolute atomic E-state index is 0.835. The molecule has 1 aliphatic rings. The highest BCUT2D eigenvalue weighted by molar-refractivity contribution is 7.08. The predicted octanol–water partition coefficient (Wildman–Crippen LogP) is 2.22. The molecule has 62 valence electrons. The van der Waals surface area contributed by atoms with Crippen LogP contribution in [0.15, 0.2) is 10.8 Å². The van der Waals surface area contributed by atoms with Crippen LogP contribution in [0.4, 0.5) is 5.69 Å². The van der Waals surface area contributed by atoms with Crippen molar-refractivity contribution in [2.24, 2.45) is 0 Å². The van der Waals surface area contributed by atoms with Crippen molar-refractivity contribution in [3.05, 3.63) is 16.3 Å². The first-order chi connectivity index (χ1) is 5.92. The summed E-state index contributed by atoms with van der Waals surface area (Å²) in [6.07, 6.45) is 2.53. The van der Waals surface area contributed by atoms with Crippen LogP contribution in [0.5, 0.6) is 0 Å². The zero-order valence-corrected chi connectivity index (χ0v) is 7.60. The van der Waals surface area contributed by atoms with E-state index in [0.29, 0.717) is 0 Å². The van der Waals surface area contributed by atoms with Crippen LogP contribution in [0.2, 0.25) is 0 Å². The van der Waals surface area contributed by atoms with Crippen LogP contribution in [0.1, 0.15) is 18.4 Å². The van der Waals surface area contributed by atoms with Gasteiger partial charge in [0.1, 0.15) is 6.07 Å². The molecule has 0 aliphatic carbocycles. The van der Waals surface area contributed by atoms with Gasteiger partial charge in [-0.1, -0.05) is 0 Å². The molecule has 0 saturated carbocycles. The second-order valence-corrected chi connectivity index (χ2v) is 3.72. The molecule has 0 unspecified atom stereocenters. The number of hydrogen-bond acceptors (Lipinski definition) is 3. The highest BCUT2D eigenvalue weighted by Crippen LogP contribution is 2.27. The van der Waals surface area contributed by atoms with Gasteiger partial charge in [0.2, 0.25) is 0 Å². The van der Waals surface area contributed by atoms with Gasteiger partial charge in [-0.2, -0.15) is 5.26 Å². The number of hydrogen-bond donors (Lipinski definition) is 0. The first-order valence-electron chi connectivity index (χ1n) is 4.13. The van der Waals surface area contributed by atoms with Crippen molar-refractivity contribution in [1.82, 2.24) is 0 Å². The van der Waals surface area contributed by atoms with Crippen molar-refractivity contribution in [2.75, 3.05) is 18.0 Å². The quantitative estimate of drug-likeness (QED) is 0.659. The van der Waals surface area contributed by atoms with Crippen molar-refractivity contribution in [2.45, 2.75) is 12.8 Å². The third-order valence-electron chi connectivity index (χ3n) is 2.21. The minimum atomic E-state index is 0.835. The fourth-order valence-electron chi connectivity index (χ4n) is 1.58. The maximum absolute atomic E-state index is 8.80. The molecule has 0 amide bonds. The molecule has 1 fully saturated rings. The molecule has 1 saturated heterocycles. The minimum Gasteiger partial charge on any atom is -0.370 e. The van der Waals surface area contributed by atoms with Gasteiger partial charge >= 0.3 is 0 Å². The Hall–Kier alpha value is -1.01. The molecule has 0 aromatic carbocycles. The Morgan fingerprint density at radius 2 is 2.08 bits per heavy atom. The summed E-state index contributed by atoms with van der Waals surface area (Å²) in [7, 11) is 0. The third-order valence-corrected chi connectivity index (χ3v) is 2.94. The predicted molar refractivity (Wildman–Crippen MR) is 50.5 cm³/mol. The highest BCUT2D eigenvalue weighted by atomic mass is 32.1. The fourth-order valence-corrected chi connectivity index (χ4v) is 2.36. The van der Waals surface area contributed by atoms with Crippen LogP contribution in [-0.4, -0.2) is 13.1 Å². The number of nitriles is 1. The SMILES string of the molecule is N#Cc1cscc1N1CCCC1. The lowest BCUT2D eigenvalue weighted by molar-refractivity contribution is 0.949. The Bertz CT molecular complexity index is 305. The normalized spacial score (nSPS) is 16.4. The molecular formula is C9H10N2S. The molecule has 2 rings (SSSR count). The maximum Gasteiger partial charge on any atom is 0.102 e. The topological polar surface area (TPSA) is 27.0 Å². The van der Waals surface area contributed by atoms with E-state index in [1.807, 2.05) is 5.38 Å². The first kappa shape index (κ1) is 7.63. The molecule has 0 radical (unpaired) electrons. The van der Waals surface area contributed by atoms with E-state index in [1.54, 1.807) is 11.3 Å². The average Bonchev–Trinajstić information content (AvgIpc) is 2.74. The summed E-state index contributed by atoms with van der Waals surface area (Å²) in [5.41, 5.74) is 1.97. The van der Waals surface area contributed by atoms with E-state index in [9.17, 15) is 0 Å². The zero-order valence-electron chi connectivity index (χ0n) is 6.79. The van der Waals surface area contributed by atoms with Gasteiger partial charge in [-0.05, 0) is 12.8 Å². The standard InChI is InChI=1S/C9H10N2S/c10-5-8-6-12-7-9(8)11-3-1-2-4-11/h6-7H,1-4H2. The van der Waals surface area contributed by atoms with Crippen LogP contribution in [0.3, 0.4) is 0 Å². The molecular weight excluding hydrogens is 168 g/mol. The van der Waals surface area contributed by atoms with Gasteiger partial charge in [-0.25, -0.2) is 0 Å². The third kappa shape index (κ3) is 1.19. The van der Waals surface area contributed by atoms with Gasteiger partial charge in [0.15, 0.2) is 0 Å². The summed E-state index contributed by atoms with van der Waals surface area (Å²) in [6.45, 7) is 2.23. The van der Waals surface area contributed by atoms with E-state index in [2.05, 4.69) is 16.3 Å². The Kier molecular flexibility index (Phi) is 2.01. The lowest BCUT2D eigenvalue weighted by atomic mass is 10.3. The van der Waals surface area contributed by atoms with E-state index < -0.39 is 0 Å². The number of anilines is 1. The fraction of sp³-hybridized carbons (Fsp3) is 0.444. The molecule has 2 heterocycles. The van der Waals surface area contributed by atoms with Gasteiger partial charge in [0, 0.05) is 23.8 Å². The van der Waals surface area contributed by atoms with Crippen LogP contribution < -0.4 is 4.90 Å². The van der Waals surface area contributed by atoms with Gasteiger partial charge < -0.3 is 4.90 Å². The highest BCUT2D eigenvalue weighted by Gasteiger charge is 2.15. The van der Waals surface area contributed by atoms with Gasteiger partial charge in [-0.15, -0.1) is 11.3 Å². The van der Waals surface area contributed by atoms with E-state index in [1.165, 1.54) is 12.8 Å². The van der Waals surface area contributed by atoms with Crippen LogP contribution in [0.25, 0.3) is 0 Å². The van der Waals surface area contributed by atoms with E-state index in [-0.39, 0.29) is 0 Å². The van der Waals surface area contributed by atoms with E-state index in [0.717, 1.165) is 24.3 Å². The van der Waals surface area contributed by atoms with Crippen LogP contribution in [-0.2, 0) is 0 Å². The van der Waals surface area contributed by atoms with Crippen molar-refractivity contribution < 1.29 is 0 Å². The maximum atomic E-state index is 8.80. The molecule has 0 spiro atoms. The smallest absolute Gasteiger partial charge is 0.102 e. The Balaban J connectivity index is 2.27. The lowest BCUT2D eigenvalue weighted by Crippen LogP contribution is -2.17. The summed E-state index contributed by atoms with van der Waals surface area (Å²) in [5, 5.41) is 12.8. The molecule has 3 heteroatoms. The van der Waals surface area contributed by atoms with E-state index in [4.69, 9.17) is 5.26 Å². The van der Waals surface area contributed by atoms with Crippen molar-refractivity contribution >= 4 is 17.0 Å². The molecule has 1 aliphatic heterocycles. The van der Waals surface area contributed by atoms with E-state index >= 15 is 0 Å². The van der Waals surface area contributed by atoms with Gasteiger partial charge in [-0.3, -0.25) is 0 Å². The first-order valence-corrected chi connectivity index (χ1v) is 5.07. The van der Waals surface area contributed by atoms with Crippen molar-refractivity contribution in [1.29, 1.82) is 5.26 Å². The number of thiophene rings is 1. The number of nitrogens with zero attached hydrogens (tertiary/aromatic N) is 2. The van der Waals surface area contributed by atoms with Gasteiger partial charge in [0.05, 0.1) is 11.3 Å². The summed E-state index contributed by atoms with van der Waals surface area (Å²) >= 11 is 1.61. The second kappa shape index (κ2) is 3.16. The van der Waals surface area contributed by atoms with Crippen molar-refractivity contribution in [3.8, 4) is 6.07 Å². The summed E-state index contributed by atoms with van der Waals surface area (Å²) in [4.78, 5) is 2.30. The number of rotatable bonds is 1. The summed E-state index contributed by atoms with van der Waals surface area (Å²) in [5.74, 6) is 0. The van der Waals surface area contributed by atoms with Crippen LogP contribution in [0, 0.1) is 11.3 Å². The Morgan fingerprint density at radius 3 is 2.75 bits per heavy atom. The molecule has 2 nitrogen and oxygen atoms in total. The Labute approximate surface area is 76.0 Å². The molecule has 1 aromatic heterocycles. The second-order valence-electron chi connectivity index (χ2n) is 2.98.